The second-order valence-corrected chi connectivity index (χ2v) is 11.1. The van der Waals surface area contributed by atoms with Crippen LogP contribution in [0.4, 0.5) is 17.5 Å². The van der Waals surface area contributed by atoms with Gasteiger partial charge in [0.05, 0.1) is 0 Å². The zero-order chi connectivity index (χ0) is 24.5. The Morgan fingerprint density at radius 3 is 2.50 bits per heavy atom. The number of anilines is 3. The van der Waals surface area contributed by atoms with Gasteiger partial charge >= 0.3 is 0 Å². The van der Waals surface area contributed by atoms with Gasteiger partial charge in [-0.15, -0.1) is 0 Å². The summed E-state index contributed by atoms with van der Waals surface area (Å²) in [4.78, 5) is 27.8. The Kier molecular flexibility index (Phi) is 6.67. The van der Waals surface area contributed by atoms with Crippen LogP contribution < -0.4 is 10.2 Å². The summed E-state index contributed by atoms with van der Waals surface area (Å²) in [6.07, 6.45) is 5.12. The van der Waals surface area contributed by atoms with E-state index in [1.54, 1.807) is 11.8 Å². The Morgan fingerprint density at radius 1 is 1.03 bits per heavy atom. The summed E-state index contributed by atoms with van der Waals surface area (Å²) >= 11 is 1.55. The molecule has 2 saturated carbocycles. The number of aromatic nitrogens is 4. The molecule has 188 valence electrons. The number of carbonyl (C=O) groups excluding carboxylic acids is 1. The molecule has 3 aliphatic rings. The number of Topliss-reactive ketones (excluding diaryl/α,β-unsaturated/α-hetero) is 1. The maximum absolute atomic E-state index is 12.2. The first-order valence-electron chi connectivity index (χ1n) is 13.1. The summed E-state index contributed by atoms with van der Waals surface area (Å²) in [5.41, 5.74) is 2.27. The predicted molar refractivity (Wildman–Crippen MR) is 142 cm³/mol. The quantitative estimate of drug-likeness (QED) is 0.387. The van der Waals surface area contributed by atoms with Crippen LogP contribution in [0.5, 0.6) is 0 Å². The normalized spacial score (nSPS) is 18.4. The molecule has 3 aromatic rings. The number of likely N-dealkylation sites (N-methyl/N-ethyl adjacent to an activating group) is 1. The van der Waals surface area contributed by atoms with Gasteiger partial charge < -0.3 is 15.1 Å². The number of nitrogens with one attached hydrogen (secondary N) is 2. The van der Waals surface area contributed by atoms with Gasteiger partial charge in [0, 0.05) is 67.2 Å². The van der Waals surface area contributed by atoms with Crippen LogP contribution in [0, 0.1) is 5.92 Å². The SMILES string of the molecule is CCN1CCN(c2cc(Nc3cc(C4CC4)[nH]n3)nc(Sc3ccc(CC(=O)C4CC4)cc3)n2)CC1. The zero-order valence-corrected chi connectivity index (χ0v) is 21.6. The Labute approximate surface area is 216 Å². The topological polar surface area (TPSA) is 90.0 Å². The Morgan fingerprint density at radius 2 is 1.81 bits per heavy atom. The lowest BCUT2D eigenvalue weighted by Crippen LogP contribution is -2.46. The summed E-state index contributed by atoms with van der Waals surface area (Å²) in [6, 6.07) is 12.4. The minimum absolute atomic E-state index is 0.301. The fourth-order valence-electron chi connectivity index (χ4n) is 4.64. The fraction of sp³-hybridized carbons (Fsp3) is 0.481. The number of aromatic amines is 1. The van der Waals surface area contributed by atoms with E-state index in [4.69, 9.17) is 9.97 Å². The molecule has 1 aromatic carbocycles. The average Bonchev–Trinajstić information content (AvgIpc) is 3.83. The van der Waals surface area contributed by atoms with Crippen LogP contribution in [0.2, 0.25) is 0 Å². The second-order valence-electron chi connectivity index (χ2n) is 10.1. The highest BCUT2D eigenvalue weighted by Crippen LogP contribution is 2.40. The van der Waals surface area contributed by atoms with E-state index in [1.165, 1.54) is 18.5 Å². The molecule has 9 heteroatoms. The van der Waals surface area contributed by atoms with Crippen molar-refractivity contribution in [3.8, 4) is 0 Å². The zero-order valence-electron chi connectivity index (χ0n) is 20.7. The Hall–Kier alpha value is -2.91. The summed E-state index contributed by atoms with van der Waals surface area (Å²) in [6.45, 7) is 7.27. The van der Waals surface area contributed by atoms with Crippen molar-refractivity contribution in [2.75, 3.05) is 42.9 Å². The Balaban J connectivity index is 1.20. The summed E-state index contributed by atoms with van der Waals surface area (Å²) in [7, 11) is 0. The number of hydrogen-bond acceptors (Lipinski definition) is 8. The Bertz CT molecular complexity index is 1210. The highest BCUT2D eigenvalue weighted by molar-refractivity contribution is 7.99. The molecule has 6 rings (SSSR count). The monoisotopic (exact) mass is 503 g/mol. The van der Waals surface area contributed by atoms with E-state index in [0.29, 0.717) is 29.2 Å². The lowest BCUT2D eigenvalue weighted by Gasteiger charge is -2.34. The smallest absolute Gasteiger partial charge is 0.196 e. The van der Waals surface area contributed by atoms with Crippen LogP contribution in [-0.4, -0.2) is 63.6 Å². The van der Waals surface area contributed by atoms with Crippen molar-refractivity contribution >= 4 is 35.0 Å². The molecule has 3 fully saturated rings. The van der Waals surface area contributed by atoms with E-state index in [2.05, 4.69) is 62.6 Å². The molecule has 1 saturated heterocycles. The standard InChI is InChI=1S/C27H33N7OS/c1-2-33-11-13-34(14-12-33)26-17-24(28-25-16-22(31-32-25)19-5-6-19)29-27(30-26)36-21-9-3-18(4-10-21)15-23(35)20-7-8-20/h3-4,9-10,16-17,19-20H,2,5-8,11-15H2,1H3,(H2,28,29,30,31,32). The van der Waals surface area contributed by atoms with Gasteiger partial charge in [-0.05, 0) is 61.7 Å². The summed E-state index contributed by atoms with van der Waals surface area (Å²) in [5, 5.41) is 11.7. The molecule has 3 heterocycles. The van der Waals surface area contributed by atoms with Crippen molar-refractivity contribution in [2.24, 2.45) is 5.92 Å². The van der Waals surface area contributed by atoms with Crippen LogP contribution in [0.25, 0.3) is 0 Å². The van der Waals surface area contributed by atoms with Gasteiger partial charge in [0.25, 0.3) is 0 Å². The first-order valence-corrected chi connectivity index (χ1v) is 13.9. The van der Waals surface area contributed by atoms with E-state index in [0.717, 1.165) is 73.5 Å². The summed E-state index contributed by atoms with van der Waals surface area (Å²) < 4.78 is 0. The van der Waals surface area contributed by atoms with Crippen molar-refractivity contribution in [2.45, 2.75) is 55.0 Å². The number of ketones is 1. The van der Waals surface area contributed by atoms with Gasteiger partial charge in [-0.1, -0.05) is 19.1 Å². The predicted octanol–water partition coefficient (Wildman–Crippen LogP) is 4.64. The molecule has 2 aromatic heterocycles. The van der Waals surface area contributed by atoms with Crippen molar-refractivity contribution < 1.29 is 4.79 Å². The fourth-order valence-corrected chi connectivity index (χ4v) is 5.41. The number of carbonyl (C=O) groups is 1. The molecule has 0 unspecified atom stereocenters. The van der Waals surface area contributed by atoms with Crippen molar-refractivity contribution in [3.05, 3.63) is 47.7 Å². The molecule has 2 aliphatic carbocycles. The van der Waals surface area contributed by atoms with E-state index in [1.807, 2.05) is 6.07 Å². The number of nitrogens with zero attached hydrogens (tertiary/aromatic N) is 5. The van der Waals surface area contributed by atoms with Gasteiger partial charge in [0.1, 0.15) is 17.4 Å². The molecule has 2 N–H and O–H groups in total. The van der Waals surface area contributed by atoms with Crippen LogP contribution >= 0.6 is 11.8 Å². The number of H-pyrrole nitrogens is 1. The average molecular weight is 504 g/mol. The first-order chi connectivity index (χ1) is 17.6. The molecule has 0 radical (unpaired) electrons. The third kappa shape index (κ3) is 5.73. The van der Waals surface area contributed by atoms with Crippen LogP contribution in [0.15, 0.2) is 46.5 Å². The van der Waals surface area contributed by atoms with Gasteiger partial charge in [0.2, 0.25) is 0 Å². The van der Waals surface area contributed by atoms with E-state index >= 15 is 0 Å². The van der Waals surface area contributed by atoms with E-state index < -0.39 is 0 Å². The molecule has 36 heavy (non-hydrogen) atoms. The molecule has 0 amide bonds. The van der Waals surface area contributed by atoms with Crippen molar-refractivity contribution in [1.29, 1.82) is 0 Å². The van der Waals surface area contributed by atoms with Gasteiger partial charge in [-0.2, -0.15) is 5.10 Å². The number of piperazine rings is 1. The number of rotatable bonds is 10. The molecular formula is C27H33N7OS. The minimum atomic E-state index is 0.301. The maximum Gasteiger partial charge on any atom is 0.196 e. The minimum Gasteiger partial charge on any atom is -0.354 e. The van der Waals surface area contributed by atoms with Gasteiger partial charge in [-0.25, -0.2) is 9.97 Å². The number of benzene rings is 1. The molecule has 0 atom stereocenters. The van der Waals surface area contributed by atoms with Crippen LogP contribution in [0.1, 0.15) is 49.8 Å². The van der Waals surface area contributed by atoms with E-state index in [-0.39, 0.29) is 0 Å². The lowest BCUT2D eigenvalue weighted by molar-refractivity contribution is -0.119. The molecule has 1 aliphatic heterocycles. The molecular weight excluding hydrogens is 470 g/mol. The van der Waals surface area contributed by atoms with Gasteiger partial charge in [0.15, 0.2) is 11.0 Å². The maximum atomic E-state index is 12.2. The highest BCUT2D eigenvalue weighted by atomic mass is 32.2. The summed E-state index contributed by atoms with van der Waals surface area (Å²) in [5.74, 6) is 3.77. The number of hydrogen-bond donors (Lipinski definition) is 2. The van der Waals surface area contributed by atoms with E-state index in [9.17, 15) is 4.79 Å². The second kappa shape index (κ2) is 10.2. The molecule has 8 nitrogen and oxygen atoms in total. The lowest BCUT2D eigenvalue weighted by atomic mass is 10.1. The van der Waals surface area contributed by atoms with Crippen molar-refractivity contribution in [1.82, 2.24) is 25.1 Å². The third-order valence-corrected chi connectivity index (χ3v) is 8.12. The van der Waals surface area contributed by atoms with Crippen LogP contribution in [0.3, 0.4) is 0 Å². The third-order valence-electron chi connectivity index (χ3n) is 7.25. The largest absolute Gasteiger partial charge is 0.354 e. The first kappa shape index (κ1) is 23.5. The molecule has 0 spiro atoms. The van der Waals surface area contributed by atoms with Crippen LogP contribution in [-0.2, 0) is 11.2 Å². The van der Waals surface area contributed by atoms with Crippen molar-refractivity contribution in [3.63, 3.8) is 0 Å². The highest BCUT2D eigenvalue weighted by Gasteiger charge is 2.29. The van der Waals surface area contributed by atoms with Gasteiger partial charge in [-0.3, -0.25) is 9.89 Å². The molecule has 0 bridgehead atoms.